The minimum atomic E-state index is -0.290. The Hall–Kier alpha value is -1.68. The molecule has 1 saturated heterocycles. The SMILES string of the molecule is CCc1ccc2c(c1)C(=O)CC2C(=O)N1CCOCC1. The van der Waals surface area contributed by atoms with Gasteiger partial charge in [-0.25, -0.2) is 0 Å². The first-order valence-corrected chi connectivity index (χ1v) is 7.23. The van der Waals surface area contributed by atoms with Gasteiger partial charge in [0.05, 0.1) is 19.1 Å². The third-order valence-corrected chi connectivity index (χ3v) is 4.21. The maximum atomic E-state index is 12.6. The summed E-state index contributed by atoms with van der Waals surface area (Å²) in [6.45, 7) is 4.51. The minimum Gasteiger partial charge on any atom is -0.378 e. The summed E-state index contributed by atoms with van der Waals surface area (Å²) in [5, 5.41) is 0. The lowest BCUT2D eigenvalue weighted by atomic mass is 9.97. The maximum absolute atomic E-state index is 12.6. The van der Waals surface area contributed by atoms with E-state index in [0.717, 1.165) is 23.1 Å². The van der Waals surface area contributed by atoms with E-state index in [-0.39, 0.29) is 17.6 Å². The van der Waals surface area contributed by atoms with Gasteiger partial charge in [-0.1, -0.05) is 19.1 Å². The molecule has 0 saturated carbocycles. The van der Waals surface area contributed by atoms with Crippen LogP contribution in [-0.2, 0) is 16.0 Å². The number of Topliss-reactive ketones (excluding diaryl/α,β-unsaturated/α-hetero) is 1. The number of benzene rings is 1. The molecule has 3 rings (SSSR count). The molecule has 0 N–H and O–H groups in total. The van der Waals surface area contributed by atoms with Crippen molar-refractivity contribution >= 4 is 11.7 Å². The van der Waals surface area contributed by atoms with Crippen molar-refractivity contribution in [3.63, 3.8) is 0 Å². The first-order valence-electron chi connectivity index (χ1n) is 7.23. The average molecular weight is 273 g/mol. The number of carbonyl (C=O) groups is 2. The van der Waals surface area contributed by atoms with Gasteiger partial charge in [0.25, 0.3) is 0 Å². The number of hydrogen-bond donors (Lipinski definition) is 0. The molecule has 1 fully saturated rings. The number of nitrogens with zero attached hydrogens (tertiary/aromatic N) is 1. The van der Waals surface area contributed by atoms with Crippen LogP contribution in [0.3, 0.4) is 0 Å². The Morgan fingerprint density at radius 2 is 2.10 bits per heavy atom. The van der Waals surface area contributed by atoms with Crippen LogP contribution in [0.4, 0.5) is 0 Å². The highest BCUT2D eigenvalue weighted by molar-refractivity contribution is 6.06. The summed E-state index contributed by atoms with van der Waals surface area (Å²) in [5.41, 5.74) is 2.80. The van der Waals surface area contributed by atoms with Crippen LogP contribution in [0.15, 0.2) is 18.2 Å². The van der Waals surface area contributed by atoms with Gasteiger partial charge in [0.15, 0.2) is 5.78 Å². The largest absolute Gasteiger partial charge is 0.378 e. The van der Waals surface area contributed by atoms with Crippen LogP contribution in [0.25, 0.3) is 0 Å². The molecule has 1 unspecified atom stereocenters. The number of hydrogen-bond acceptors (Lipinski definition) is 3. The molecule has 4 heteroatoms. The molecule has 0 bridgehead atoms. The van der Waals surface area contributed by atoms with E-state index in [0.29, 0.717) is 32.7 Å². The molecule has 1 aromatic carbocycles. The van der Waals surface area contributed by atoms with Crippen LogP contribution in [0.1, 0.15) is 40.7 Å². The van der Waals surface area contributed by atoms with Crippen molar-refractivity contribution in [2.45, 2.75) is 25.7 Å². The predicted octanol–water partition coefficient (Wildman–Crippen LogP) is 1.78. The van der Waals surface area contributed by atoms with Gasteiger partial charge in [-0.3, -0.25) is 9.59 Å². The van der Waals surface area contributed by atoms with Crippen molar-refractivity contribution in [2.75, 3.05) is 26.3 Å². The van der Waals surface area contributed by atoms with E-state index in [1.54, 1.807) is 0 Å². The zero-order valence-electron chi connectivity index (χ0n) is 11.7. The van der Waals surface area contributed by atoms with E-state index in [1.807, 2.05) is 23.1 Å². The van der Waals surface area contributed by atoms with E-state index in [1.165, 1.54) is 0 Å². The number of morpholine rings is 1. The second kappa shape index (κ2) is 5.37. The number of ether oxygens (including phenoxy) is 1. The Bertz CT molecular complexity index is 547. The van der Waals surface area contributed by atoms with Crippen molar-refractivity contribution in [3.05, 3.63) is 34.9 Å². The smallest absolute Gasteiger partial charge is 0.230 e. The summed E-state index contributed by atoms with van der Waals surface area (Å²) in [6, 6.07) is 5.93. The van der Waals surface area contributed by atoms with Gasteiger partial charge in [-0.2, -0.15) is 0 Å². The van der Waals surface area contributed by atoms with Gasteiger partial charge in [-0.15, -0.1) is 0 Å². The van der Waals surface area contributed by atoms with Crippen molar-refractivity contribution in [1.82, 2.24) is 4.90 Å². The van der Waals surface area contributed by atoms with Gasteiger partial charge in [-0.05, 0) is 23.6 Å². The second-order valence-electron chi connectivity index (χ2n) is 5.39. The number of fused-ring (bicyclic) bond motifs is 1. The molecule has 0 aromatic heterocycles. The Kier molecular flexibility index (Phi) is 3.57. The van der Waals surface area contributed by atoms with Crippen LogP contribution in [0.2, 0.25) is 0 Å². The highest BCUT2D eigenvalue weighted by Gasteiger charge is 2.36. The molecule has 1 atom stereocenters. The second-order valence-corrected chi connectivity index (χ2v) is 5.39. The molecular formula is C16H19NO3. The van der Waals surface area contributed by atoms with E-state index in [4.69, 9.17) is 4.74 Å². The predicted molar refractivity (Wildman–Crippen MR) is 74.9 cm³/mol. The van der Waals surface area contributed by atoms with Crippen LogP contribution in [0, 0.1) is 0 Å². The number of rotatable bonds is 2. The monoisotopic (exact) mass is 273 g/mol. The van der Waals surface area contributed by atoms with Gasteiger partial charge >= 0.3 is 0 Å². The molecule has 106 valence electrons. The first-order chi connectivity index (χ1) is 9.70. The van der Waals surface area contributed by atoms with Crippen molar-refractivity contribution in [1.29, 1.82) is 0 Å². The summed E-state index contributed by atoms with van der Waals surface area (Å²) in [5.74, 6) is -0.118. The average Bonchev–Trinajstić information content (AvgIpc) is 2.84. The normalized spacial score (nSPS) is 21.9. The van der Waals surface area contributed by atoms with E-state index >= 15 is 0 Å². The molecule has 1 heterocycles. The molecule has 0 radical (unpaired) electrons. The molecular weight excluding hydrogens is 254 g/mol. The highest BCUT2D eigenvalue weighted by Crippen LogP contribution is 2.35. The van der Waals surface area contributed by atoms with Crippen molar-refractivity contribution in [2.24, 2.45) is 0 Å². The molecule has 20 heavy (non-hydrogen) atoms. The van der Waals surface area contributed by atoms with E-state index < -0.39 is 0 Å². The molecule has 0 spiro atoms. The Balaban J connectivity index is 1.87. The highest BCUT2D eigenvalue weighted by atomic mass is 16.5. The third kappa shape index (κ3) is 2.24. The number of amides is 1. The summed E-state index contributed by atoms with van der Waals surface area (Å²) >= 11 is 0. The van der Waals surface area contributed by atoms with Crippen LogP contribution < -0.4 is 0 Å². The Morgan fingerprint density at radius 3 is 2.80 bits per heavy atom. The molecule has 4 nitrogen and oxygen atoms in total. The lowest BCUT2D eigenvalue weighted by Gasteiger charge is -2.29. The summed E-state index contributed by atoms with van der Waals surface area (Å²) < 4.78 is 5.27. The molecule has 1 aromatic rings. The van der Waals surface area contributed by atoms with E-state index in [9.17, 15) is 9.59 Å². The lowest BCUT2D eigenvalue weighted by molar-refractivity contribution is -0.136. The quantitative estimate of drug-likeness (QED) is 0.825. The fourth-order valence-corrected chi connectivity index (χ4v) is 3.00. The number of aryl methyl sites for hydroxylation is 1. The molecule has 1 amide bonds. The van der Waals surface area contributed by atoms with Crippen molar-refractivity contribution < 1.29 is 14.3 Å². The standard InChI is InChI=1S/C16H19NO3/c1-2-11-3-4-12-13(9-11)15(18)10-14(12)16(19)17-5-7-20-8-6-17/h3-4,9,14H,2,5-8,10H2,1H3. The molecule has 2 aliphatic rings. The summed E-state index contributed by atoms with van der Waals surface area (Å²) in [7, 11) is 0. The summed E-state index contributed by atoms with van der Waals surface area (Å²) in [6.07, 6.45) is 1.22. The van der Waals surface area contributed by atoms with Crippen LogP contribution in [0.5, 0.6) is 0 Å². The zero-order valence-corrected chi connectivity index (χ0v) is 11.7. The topological polar surface area (TPSA) is 46.6 Å². The third-order valence-electron chi connectivity index (χ3n) is 4.21. The first kappa shape index (κ1) is 13.3. The van der Waals surface area contributed by atoms with Crippen molar-refractivity contribution in [3.8, 4) is 0 Å². The maximum Gasteiger partial charge on any atom is 0.230 e. The van der Waals surface area contributed by atoms with Gasteiger partial charge in [0, 0.05) is 25.1 Å². The van der Waals surface area contributed by atoms with E-state index in [2.05, 4.69) is 6.92 Å². The fraction of sp³-hybridized carbons (Fsp3) is 0.500. The lowest BCUT2D eigenvalue weighted by Crippen LogP contribution is -2.42. The Morgan fingerprint density at radius 1 is 1.35 bits per heavy atom. The Labute approximate surface area is 118 Å². The zero-order chi connectivity index (χ0) is 14.1. The number of carbonyl (C=O) groups excluding carboxylic acids is 2. The van der Waals surface area contributed by atoms with Gasteiger partial charge in [0.1, 0.15) is 0 Å². The molecule has 1 aliphatic carbocycles. The number of ketones is 1. The summed E-state index contributed by atoms with van der Waals surface area (Å²) in [4.78, 5) is 26.5. The minimum absolute atomic E-state index is 0.0737. The molecule has 1 aliphatic heterocycles. The van der Waals surface area contributed by atoms with Gasteiger partial charge < -0.3 is 9.64 Å². The van der Waals surface area contributed by atoms with Gasteiger partial charge in [0.2, 0.25) is 5.91 Å². The van der Waals surface area contributed by atoms with Crippen LogP contribution >= 0.6 is 0 Å². The fourth-order valence-electron chi connectivity index (χ4n) is 3.00. The van der Waals surface area contributed by atoms with Crippen LogP contribution in [-0.4, -0.2) is 42.9 Å².